The van der Waals surface area contributed by atoms with Crippen LogP contribution in [-0.2, 0) is 11.3 Å². The van der Waals surface area contributed by atoms with Gasteiger partial charge in [0.25, 0.3) is 5.91 Å². The van der Waals surface area contributed by atoms with Crippen molar-refractivity contribution in [1.82, 2.24) is 5.32 Å². The van der Waals surface area contributed by atoms with Gasteiger partial charge in [-0.25, -0.2) is 0 Å². The van der Waals surface area contributed by atoms with Crippen molar-refractivity contribution < 1.29 is 9.53 Å². The van der Waals surface area contributed by atoms with E-state index in [1.807, 2.05) is 6.07 Å². The third kappa shape index (κ3) is 4.47. The van der Waals surface area contributed by atoms with Gasteiger partial charge < -0.3 is 15.8 Å². The number of benzene rings is 1. The number of amides is 1. The van der Waals surface area contributed by atoms with Crippen molar-refractivity contribution in [1.29, 1.82) is 0 Å². The summed E-state index contributed by atoms with van der Waals surface area (Å²) in [5, 5.41) is 2.51. The number of ether oxygens (including phenoxy) is 1. The molecular formula is C12H13BrN2O2. The summed E-state index contributed by atoms with van der Waals surface area (Å²) >= 11 is 3.37. The molecule has 1 rings (SSSR count). The first kappa shape index (κ1) is 13.6. The third-order valence-corrected chi connectivity index (χ3v) is 2.77. The number of carbonyl (C=O) groups excluding carboxylic acids is 1. The van der Waals surface area contributed by atoms with Gasteiger partial charge in [-0.2, -0.15) is 0 Å². The second-order valence-electron chi connectivity index (χ2n) is 3.23. The first-order valence-electron chi connectivity index (χ1n) is 4.99. The topological polar surface area (TPSA) is 64.3 Å². The minimum atomic E-state index is -0.250. The van der Waals surface area contributed by atoms with Gasteiger partial charge in [-0.15, -0.1) is 6.42 Å². The Bertz CT molecular complexity index is 441. The molecule has 1 aromatic rings. The second kappa shape index (κ2) is 6.94. The van der Waals surface area contributed by atoms with E-state index in [-0.39, 0.29) is 19.1 Å². The van der Waals surface area contributed by atoms with Crippen molar-refractivity contribution in [3.05, 3.63) is 28.2 Å². The molecule has 0 aliphatic rings. The van der Waals surface area contributed by atoms with Crippen molar-refractivity contribution in [2.45, 2.75) is 6.54 Å². The normalized spacial score (nSPS) is 9.47. The molecule has 0 saturated carbocycles. The van der Waals surface area contributed by atoms with Gasteiger partial charge in [-0.3, -0.25) is 4.79 Å². The molecule has 17 heavy (non-hydrogen) atoms. The van der Waals surface area contributed by atoms with E-state index in [9.17, 15) is 4.79 Å². The molecule has 90 valence electrons. The Kier molecular flexibility index (Phi) is 5.53. The van der Waals surface area contributed by atoms with Crippen molar-refractivity contribution in [3.63, 3.8) is 0 Å². The van der Waals surface area contributed by atoms with E-state index in [1.54, 1.807) is 12.1 Å². The fourth-order valence-electron chi connectivity index (χ4n) is 1.15. The molecular weight excluding hydrogens is 284 g/mol. The lowest BCUT2D eigenvalue weighted by Gasteiger charge is -2.08. The maximum Gasteiger partial charge on any atom is 0.258 e. The fraction of sp³-hybridized carbons (Fsp3) is 0.250. The van der Waals surface area contributed by atoms with E-state index in [0.717, 1.165) is 10.0 Å². The Labute approximate surface area is 109 Å². The molecule has 5 heteroatoms. The Hall–Kier alpha value is -1.51. The third-order valence-electron chi connectivity index (χ3n) is 1.99. The Morgan fingerprint density at radius 1 is 1.59 bits per heavy atom. The molecule has 0 aliphatic heterocycles. The van der Waals surface area contributed by atoms with E-state index in [2.05, 4.69) is 27.2 Å². The van der Waals surface area contributed by atoms with Crippen molar-refractivity contribution in [2.24, 2.45) is 5.73 Å². The van der Waals surface area contributed by atoms with Gasteiger partial charge in [0.15, 0.2) is 6.61 Å². The largest absolute Gasteiger partial charge is 0.484 e. The highest BCUT2D eigenvalue weighted by Crippen LogP contribution is 2.22. The van der Waals surface area contributed by atoms with E-state index >= 15 is 0 Å². The van der Waals surface area contributed by atoms with Gasteiger partial charge in [-0.05, 0) is 23.8 Å². The van der Waals surface area contributed by atoms with Gasteiger partial charge in [0.05, 0.1) is 6.54 Å². The summed E-state index contributed by atoms with van der Waals surface area (Å²) in [5.74, 6) is 2.66. The van der Waals surface area contributed by atoms with Gasteiger partial charge in [0.2, 0.25) is 0 Å². The lowest BCUT2D eigenvalue weighted by Crippen LogP contribution is -2.29. The standard InChI is InChI=1S/C12H13BrN2O2/c1-2-5-15-12(16)8-17-10-3-4-11(13)9(6-10)7-14/h1,3-4,6H,5,7-8,14H2,(H,15,16). The van der Waals surface area contributed by atoms with Crippen LogP contribution in [0.1, 0.15) is 5.56 Å². The smallest absolute Gasteiger partial charge is 0.258 e. The summed E-state index contributed by atoms with van der Waals surface area (Å²) in [7, 11) is 0. The van der Waals surface area contributed by atoms with Crippen LogP contribution in [0.4, 0.5) is 0 Å². The number of rotatable bonds is 5. The molecule has 0 aliphatic carbocycles. The Morgan fingerprint density at radius 2 is 2.35 bits per heavy atom. The first-order chi connectivity index (χ1) is 8.17. The lowest BCUT2D eigenvalue weighted by molar-refractivity contribution is -0.122. The number of hydrogen-bond donors (Lipinski definition) is 2. The summed E-state index contributed by atoms with van der Waals surface area (Å²) in [6, 6.07) is 5.38. The monoisotopic (exact) mass is 296 g/mol. The number of halogens is 1. The zero-order valence-electron chi connectivity index (χ0n) is 9.20. The molecule has 0 saturated heterocycles. The Balaban J connectivity index is 2.52. The maximum absolute atomic E-state index is 11.2. The summed E-state index contributed by atoms with van der Waals surface area (Å²) in [5.41, 5.74) is 6.48. The highest BCUT2D eigenvalue weighted by atomic mass is 79.9. The predicted octanol–water partition coefficient (Wildman–Crippen LogP) is 1.04. The molecule has 0 aromatic heterocycles. The minimum Gasteiger partial charge on any atom is -0.484 e. The number of terminal acetylenes is 1. The minimum absolute atomic E-state index is 0.0622. The average Bonchev–Trinajstić information content (AvgIpc) is 2.35. The average molecular weight is 297 g/mol. The molecule has 1 aromatic carbocycles. The van der Waals surface area contributed by atoms with Crippen LogP contribution in [0.5, 0.6) is 5.75 Å². The quantitative estimate of drug-likeness (QED) is 0.798. The van der Waals surface area contributed by atoms with Gasteiger partial charge in [0, 0.05) is 11.0 Å². The number of carbonyl (C=O) groups is 1. The van der Waals surface area contributed by atoms with Crippen LogP contribution in [0, 0.1) is 12.3 Å². The molecule has 0 bridgehead atoms. The zero-order valence-corrected chi connectivity index (χ0v) is 10.8. The SMILES string of the molecule is C#CCNC(=O)COc1ccc(Br)c(CN)c1. The molecule has 0 spiro atoms. The lowest BCUT2D eigenvalue weighted by atomic mass is 10.2. The van der Waals surface area contributed by atoms with Crippen LogP contribution in [0.25, 0.3) is 0 Å². The Morgan fingerprint density at radius 3 is 3.00 bits per heavy atom. The van der Waals surface area contributed by atoms with Gasteiger partial charge in [0.1, 0.15) is 5.75 Å². The molecule has 0 radical (unpaired) electrons. The van der Waals surface area contributed by atoms with Crippen LogP contribution < -0.4 is 15.8 Å². The summed E-state index contributed by atoms with van der Waals surface area (Å²) in [6.07, 6.45) is 5.01. The van der Waals surface area contributed by atoms with E-state index in [4.69, 9.17) is 16.9 Å². The first-order valence-corrected chi connectivity index (χ1v) is 5.78. The zero-order chi connectivity index (χ0) is 12.7. The molecule has 0 fully saturated rings. The molecule has 4 nitrogen and oxygen atoms in total. The van der Waals surface area contributed by atoms with Crippen LogP contribution in [-0.4, -0.2) is 19.1 Å². The molecule has 0 heterocycles. The van der Waals surface area contributed by atoms with Crippen molar-refractivity contribution in [2.75, 3.05) is 13.2 Å². The van der Waals surface area contributed by atoms with Crippen LogP contribution in [0.2, 0.25) is 0 Å². The summed E-state index contributed by atoms with van der Waals surface area (Å²) < 4.78 is 6.23. The van der Waals surface area contributed by atoms with E-state index in [1.165, 1.54) is 0 Å². The molecule has 1 amide bonds. The number of hydrogen-bond acceptors (Lipinski definition) is 3. The highest BCUT2D eigenvalue weighted by Gasteiger charge is 2.04. The fourth-order valence-corrected chi connectivity index (χ4v) is 1.56. The van der Waals surface area contributed by atoms with Crippen molar-refractivity contribution >= 4 is 21.8 Å². The van der Waals surface area contributed by atoms with Crippen LogP contribution >= 0.6 is 15.9 Å². The summed E-state index contributed by atoms with van der Waals surface area (Å²) in [6.45, 7) is 0.547. The second-order valence-corrected chi connectivity index (χ2v) is 4.08. The van der Waals surface area contributed by atoms with E-state index < -0.39 is 0 Å². The number of nitrogens with one attached hydrogen (secondary N) is 1. The molecule has 0 atom stereocenters. The number of nitrogens with two attached hydrogens (primary N) is 1. The highest BCUT2D eigenvalue weighted by molar-refractivity contribution is 9.10. The molecule has 0 unspecified atom stereocenters. The van der Waals surface area contributed by atoms with Crippen LogP contribution in [0.3, 0.4) is 0 Å². The molecule has 3 N–H and O–H groups in total. The predicted molar refractivity (Wildman–Crippen MR) is 69.4 cm³/mol. The van der Waals surface area contributed by atoms with Crippen LogP contribution in [0.15, 0.2) is 22.7 Å². The van der Waals surface area contributed by atoms with Gasteiger partial charge >= 0.3 is 0 Å². The van der Waals surface area contributed by atoms with Gasteiger partial charge in [-0.1, -0.05) is 21.9 Å². The maximum atomic E-state index is 11.2. The summed E-state index contributed by atoms with van der Waals surface area (Å²) in [4.78, 5) is 11.2. The van der Waals surface area contributed by atoms with Crippen molar-refractivity contribution in [3.8, 4) is 18.1 Å². The van der Waals surface area contributed by atoms with E-state index in [0.29, 0.717) is 12.3 Å².